The summed E-state index contributed by atoms with van der Waals surface area (Å²) in [5.41, 5.74) is 3.97. The van der Waals surface area contributed by atoms with Gasteiger partial charge >= 0.3 is 0 Å². The molecule has 2 aliphatic rings. The first-order valence-electron chi connectivity index (χ1n) is 7.23. The Morgan fingerprint density at radius 2 is 2.15 bits per heavy atom. The van der Waals surface area contributed by atoms with Crippen molar-refractivity contribution in [2.24, 2.45) is 5.84 Å². The van der Waals surface area contributed by atoms with Crippen LogP contribution in [0.15, 0.2) is 24.3 Å². The summed E-state index contributed by atoms with van der Waals surface area (Å²) in [6, 6.07) is 8.22. The molecule has 0 aromatic heterocycles. The Morgan fingerprint density at radius 3 is 2.90 bits per heavy atom. The topological polar surface area (TPSA) is 67.6 Å². The van der Waals surface area contributed by atoms with Gasteiger partial charge in [-0.2, -0.15) is 0 Å². The number of nitrogens with zero attached hydrogens (tertiary/aromatic N) is 1. The molecule has 0 spiro atoms. The number of nitrogens with two attached hydrogens (primary N) is 1. The number of hydrogen-bond donors (Lipinski definition) is 2. The summed E-state index contributed by atoms with van der Waals surface area (Å²) in [6.45, 7) is 2.75. The van der Waals surface area contributed by atoms with Crippen LogP contribution in [0.1, 0.15) is 35.2 Å². The normalized spacial score (nSPS) is 26.2. The van der Waals surface area contributed by atoms with Gasteiger partial charge in [-0.3, -0.25) is 15.1 Å². The number of carbonyl (C=O) groups is 1. The zero-order chi connectivity index (χ0) is 13.9. The van der Waals surface area contributed by atoms with E-state index in [1.54, 1.807) is 0 Å². The number of hydrogen-bond acceptors (Lipinski definition) is 4. The van der Waals surface area contributed by atoms with Gasteiger partial charge in [-0.25, -0.2) is 5.84 Å². The third-order valence-electron chi connectivity index (χ3n) is 4.33. The zero-order valence-corrected chi connectivity index (χ0v) is 11.5. The fraction of sp³-hybridized carbons (Fsp3) is 0.533. The van der Waals surface area contributed by atoms with E-state index in [0.29, 0.717) is 17.7 Å². The second kappa shape index (κ2) is 5.91. The molecular weight excluding hydrogens is 254 g/mol. The van der Waals surface area contributed by atoms with Gasteiger partial charge in [0.2, 0.25) is 0 Å². The third kappa shape index (κ3) is 2.70. The van der Waals surface area contributed by atoms with Gasteiger partial charge in [0.1, 0.15) is 0 Å². The molecule has 2 unspecified atom stereocenters. The standard InChI is InChI=1S/C15H21N3O2/c16-17-15(19)12-6-4-11(5-7-12)10-18-8-9-20-14-3-1-2-13(14)18/h4-7,13-14H,1-3,8-10,16H2,(H,17,19). The maximum absolute atomic E-state index is 11.4. The van der Waals surface area contributed by atoms with Crippen molar-refractivity contribution in [2.45, 2.75) is 38.0 Å². The Labute approximate surface area is 119 Å². The predicted molar refractivity (Wildman–Crippen MR) is 75.9 cm³/mol. The van der Waals surface area contributed by atoms with Crippen molar-refractivity contribution in [3.8, 4) is 0 Å². The molecule has 5 nitrogen and oxygen atoms in total. The summed E-state index contributed by atoms with van der Waals surface area (Å²) >= 11 is 0. The van der Waals surface area contributed by atoms with Crippen molar-refractivity contribution >= 4 is 5.91 Å². The minimum Gasteiger partial charge on any atom is -0.375 e. The average molecular weight is 275 g/mol. The van der Waals surface area contributed by atoms with Crippen LogP contribution in [-0.2, 0) is 11.3 Å². The molecule has 1 amide bonds. The minimum absolute atomic E-state index is 0.251. The SMILES string of the molecule is NNC(=O)c1ccc(CN2CCOC3CCCC32)cc1. The van der Waals surface area contributed by atoms with Gasteiger partial charge in [-0.1, -0.05) is 12.1 Å². The molecule has 5 heteroatoms. The number of hydrazine groups is 1. The lowest BCUT2D eigenvalue weighted by atomic mass is 10.1. The number of rotatable bonds is 3. The number of fused-ring (bicyclic) bond motifs is 1. The average Bonchev–Trinajstić information content (AvgIpc) is 2.97. The van der Waals surface area contributed by atoms with Crippen LogP contribution in [0.2, 0.25) is 0 Å². The Kier molecular flexibility index (Phi) is 4.00. The van der Waals surface area contributed by atoms with Gasteiger partial charge in [0, 0.05) is 24.7 Å². The van der Waals surface area contributed by atoms with Crippen molar-refractivity contribution in [3.63, 3.8) is 0 Å². The van der Waals surface area contributed by atoms with E-state index in [0.717, 1.165) is 19.7 Å². The molecule has 1 aliphatic carbocycles. The van der Waals surface area contributed by atoms with Crippen LogP contribution in [-0.4, -0.2) is 36.1 Å². The predicted octanol–water partition coefficient (Wildman–Crippen LogP) is 1.04. The molecule has 3 N–H and O–H groups in total. The van der Waals surface area contributed by atoms with Crippen molar-refractivity contribution < 1.29 is 9.53 Å². The number of ether oxygens (including phenoxy) is 1. The lowest BCUT2D eigenvalue weighted by molar-refractivity contribution is -0.0588. The maximum atomic E-state index is 11.4. The number of benzene rings is 1. The van der Waals surface area contributed by atoms with E-state index >= 15 is 0 Å². The highest BCUT2D eigenvalue weighted by Crippen LogP contribution is 2.30. The molecular formula is C15H21N3O2. The number of nitrogens with one attached hydrogen (secondary N) is 1. The van der Waals surface area contributed by atoms with Gasteiger partial charge in [0.15, 0.2) is 0 Å². The van der Waals surface area contributed by atoms with E-state index in [-0.39, 0.29) is 5.91 Å². The first kappa shape index (κ1) is 13.5. The van der Waals surface area contributed by atoms with Gasteiger partial charge in [-0.15, -0.1) is 0 Å². The zero-order valence-electron chi connectivity index (χ0n) is 11.5. The number of morpholine rings is 1. The number of amides is 1. The van der Waals surface area contributed by atoms with Crippen LogP contribution in [0.4, 0.5) is 0 Å². The van der Waals surface area contributed by atoms with Gasteiger partial charge < -0.3 is 4.74 Å². The molecule has 1 heterocycles. The van der Waals surface area contributed by atoms with Crippen molar-refractivity contribution in [1.29, 1.82) is 0 Å². The van der Waals surface area contributed by atoms with Crippen molar-refractivity contribution in [2.75, 3.05) is 13.2 Å². The quantitative estimate of drug-likeness (QED) is 0.491. The molecule has 1 saturated carbocycles. The molecule has 20 heavy (non-hydrogen) atoms. The number of carbonyl (C=O) groups excluding carboxylic acids is 1. The fourth-order valence-electron chi connectivity index (χ4n) is 3.28. The molecule has 2 fully saturated rings. The molecule has 1 aliphatic heterocycles. The molecule has 0 radical (unpaired) electrons. The molecule has 1 saturated heterocycles. The highest BCUT2D eigenvalue weighted by Gasteiger charge is 2.35. The second-order valence-electron chi connectivity index (χ2n) is 5.55. The van der Waals surface area contributed by atoms with E-state index in [1.807, 2.05) is 24.3 Å². The smallest absolute Gasteiger partial charge is 0.265 e. The van der Waals surface area contributed by atoms with Crippen LogP contribution in [0.3, 0.4) is 0 Å². The Bertz CT molecular complexity index is 475. The molecule has 1 aromatic rings. The highest BCUT2D eigenvalue weighted by atomic mass is 16.5. The molecule has 3 rings (SSSR count). The second-order valence-corrected chi connectivity index (χ2v) is 5.55. The largest absolute Gasteiger partial charge is 0.375 e. The maximum Gasteiger partial charge on any atom is 0.265 e. The van der Waals surface area contributed by atoms with Crippen LogP contribution < -0.4 is 11.3 Å². The summed E-state index contributed by atoms with van der Waals surface area (Å²) in [6.07, 6.45) is 4.11. The highest BCUT2D eigenvalue weighted by molar-refractivity contribution is 5.93. The minimum atomic E-state index is -0.251. The first-order valence-corrected chi connectivity index (χ1v) is 7.23. The van der Waals surface area contributed by atoms with Gasteiger partial charge in [-0.05, 0) is 37.0 Å². The van der Waals surface area contributed by atoms with E-state index in [4.69, 9.17) is 10.6 Å². The first-order chi connectivity index (χ1) is 9.78. The third-order valence-corrected chi connectivity index (χ3v) is 4.33. The molecule has 108 valence electrons. The van der Waals surface area contributed by atoms with Crippen LogP contribution in [0, 0.1) is 0 Å². The molecule has 0 bridgehead atoms. The van der Waals surface area contributed by atoms with Crippen LogP contribution in [0.25, 0.3) is 0 Å². The van der Waals surface area contributed by atoms with Crippen molar-refractivity contribution in [1.82, 2.24) is 10.3 Å². The van der Waals surface area contributed by atoms with Gasteiger partial charge in [0.25, 0.3) is 5.91 Å². The van der Waals surface area contributed by atoms with Crippen LogP contribution in [0.5, 0.6) is 0 Å². The van der Waals surface area contributed by atoms with E-state index in [1.165, 1.54) is 24.8 Å². The summed E-state index contributed by atoms with van der Waals surface area (Å²) in [5, 5.41) is 0. The van der Waals surface area contributed by atoms with Crippen LogP contribution >= 0.6 is 0 Å². The summed E-state index contributed by atoms with van der Waals surface area (Å²) < 4.78 is 5.83. The lowest BCUT2D eigenvalue weighted by Gasteiger charge is -2.37. The van der Waals surface area contributed by atoms with E-state index in [2.05, 4.69) is 10.3 Å². The van der Waals surface area contributed by atoms with E-state index < -0.39 is 0 Å². The number of nitrogen functional groups attached to an aromatic ring is 1. The Morgan fingerprint density at radius 1 is 1.35 bits per heavy atom. The molecule has 1 aromatic carbocycles. The summed E-state index contributed by atoms with van der Waals surface area (Å²) in [5.74, 6) is 4.88. The molecule has 2 atom stereocenters. The summed E-state index contributed by atoms with van der Waals surface area (Å²) in [4.78, 5) is 13.9. The van der Waals surface area contributed by atoms with Gasteiger partial charge in [0.05, 0.1) is 12.7 Å². The van der Waals surface area contributed by atoms with Crippen molar-refractivity contribution in [3.05, 3.63) is 35.4 Å². The summed E-state index contributed by atoms with van der Waals surface area (Å²) in [7, 11) is 0. The monoisotopic (exact) mass is 275 g/mol. The fourth-order valence-corrected chi connectivity index (χ4v) is 3.28. The lowest BCUT2D eigenvalue weighted by Crippen LogP contribution is -2.47. The Balaban J connectivity index is 1.66. The van der Waals surface area contributed by atoms with E-state index in [9.17, 15) is 4.79 Å². The Hall–Kier alpha value is -1.43.